The first-order chi connectivity index (χ1) is 8.13. The quantitative estimate of drug-likeness (QED) is 0.735. The summed E-state index contributed by atoms with van der Waals surface area (Å²) in [7, 11) is 0. The van der Waals surface area contributed by atoms with Crippen LogP contribution in [0.15, 0.2) is 0 Å². The molecule has 2 atom stereocenters. The Balaban J connectivity index is 2.21. The highest BCUT2D eigenvalue weighted by molar-refractivity contribution is 4.77. The van der Waals surface area contributed by atoms with Gasteiger partial charge >= 0.3 is 0 Å². The second-order valence-electron chi connectivity index (χ2n) is 6.21. The standard InChI is InChI=1S/C15H32N2/c1-5-15-8-6-7-9-17(15)12-14(4)11-16-10-13(2)3/h13-16H,5-12H2,1-4H3. The number of nitrogens with one attached hydrogen (secondary N) is 1. The lowest BCUT2D eigenvalue weighted by molar-refractivity contribution is 0.124. The Morgan fingerprint density at radius 1 is 1.18 bits per heavy atom. The van der Waals surface area contributed by atoms with Gasteiger partial charge in [0.2, 0.25) is 0 Å². The molecular weight excluding hydrogens is 208 g/mol. The van der Waals surface area contributed by atoms with Crippen molar-refractivity contribution in [1.29, 1.82) is 0 Å². The Bertz CT molecular complexity index is 191. The van der Waals surface area contributed by atoms with Crippen LogP contribution in [0.2, 0.25) is 0 Å². The van der Waals surface area contributed by atoms with Gasteiger partial charge in [0.05, 0.1) is 0 Å². The third-order valence-electron chi connectivity index (χ3n) is 3.81. The maximum Gasteiger partial charge on any atom is 0.00927 e. The molecular formula is C15H32N2. The maximum absolute atomic E-state index is 3.58. The molecule has 1 heterocycles. The van der Waals surface area contributed by atoms with Crippen LogP contribution in [-0.2, 0) is 0 Å². The zero-order chi connectivity index (χ0) is 12.7. The lowest BCUT2D eigenvalue weighted by Gasteiger charge is -2.37. The fraction of sp³-hybridized carbons (Fsp3) is 1.00. The number of hydrogen-bond donors (Lipinski definition) is 1. The van der Waals surface area contributed by atoms with E-state index in [0.29, 0.717) is 0 Å². The molecule has 0 aromatic carbocycles. The minimum Gasteiger partial charge on any atom is -0.316 e. The molecule has 0 bridgehead atoms. The Morgan fingerprint density at radius 3 is 2.59 bits per heavy atom. The zero-order valence-electron chi connectivity index (χ0n) is 12.3. The number of nitrogens with zero attached hydrogens (tertiary/aromatic N) is 1. The molecule has 0 spiro atoms. The Kier molecular flexibility index (Phi) is 7.14. The van der Waals surface area contributed by atoms with E-state index in [1.54, 1.807) is 0 Å². The van der Waals surface area contributed by atoms with E-state index in [1.165, 1.54) is 45.3 Å². The van der Waals surface area contributed by atoms with Crippen LogP contribution in [0.5, 0.6) is 0 Å². The smallest absolute Gasteiger partial charge is 0.00927 e. The summed E-state index contributed by atoms with van der Waals surface area (Å²) in [5, 5.41) is 3.58. The predicted molar refractivity (Wildman–Crippen MR) is 76.4 cm³/mol. The van der Waals surface area contributed by atoms with Crippen molar-refractivity contribution in [2.75, 3.05) is 26.2 Å². The van der Waals surface area contributed by atoms with Gasteiger partial charge in [-0.1, -0.05) is 34.1 Å². The van der Waals surface area contributed by atoms with E-state index < -0.39 is 0 Å². The van der Waals surface area contributed by atoms with Crippen LogP contribution in [0, 0.1) is 11.8 Å². The van der Waals surface area contributed by atoms with Crippen molar-refractivity contribution >= 4 is 0 Å². The molecule has 1 aliphatic rings. The molecule has 0 aromatic rings. The molecule has 2 heteroatoms. The van der Waals surface area contributed by atoms with Gasteiger partial charge in [0.15, 0.2) is 0 Å². The van der Waals surface area contributed by atoms with E-state index in [9.17, 15) is 0 Å². The van der Waals surface area contributed by atoms with E-state index in [1.807, 2.05) is 0 Å². The van der Waals surface area contributed by atoms with Crippen molar-refractivity contribution < 1.29 is 0 Å². The molecule has 1 rings (SSSR count). The molecule has 1 aliphatic heterocycles. The van der Waals surface area contributed by atoms with Crippen LogP contribution >= 0.6 is 0 Å². The van der Waals surface area contributed by atoms with Gasteiger partial charge < -0.3 is 10.2 Å². The Hall–Kier alpha value is -0.0800. The fourth-order valence-electron chi connectivity index (χ4n) is 2.85. The molecule has 0 amide bonds. The third-order valence-corrected chi connectivity index (χ3v) is 3.81. The highest BCUT2D eigenvalue weighted by Crippen LogP contribution is 2.20. The van der Waals surface area contributed by atoms with Crippen LogP contribution in [0.25, 0.3) is 0 Å². The van der Waals surface area contributed by atoms with Gasteiger partial charge in [-0.15, -0.1) is 0 Å². The van der Waals surface area contributed by atoms with E-state index in [4.69, 9.17) is 0 Å². The highest BCUT2D eigenvalue weighted by Gasteiger charge is 2.21. The van der Waals surface area contributed by atoms with Crippen LogP contribution < -0.4 is 5.32 Å². The molecule has 0 aromatic heterocycles. The second kappa shape index (κ2) is 8.10. The van der Waals surface area contributed by atoms with Crippen molar-refractivity contribution in [2.45, 2.75) is 59.4 Å². The zero-order valence-corrected chi connectivity index (χ0v) is 12.3. The molecule has 102 valence electrons. The summed E-state index contributed by atoms with van der Waals surface area (Å²) in [6, 6.07) is 0.858. The van der Waals surface area contributed by atoms with E-state index in [0.717, 1.165) is 24.4 Å². The number of piperidine rings is 1. The number of rotatable bonds is 7. The molecule has 2 nitrogen and oxygen atoms in total. The number of likely N-dealkylation sites (tertiary alicyclic amines) is 1. The van der Waals surface area contributed by atoms with Crippen LogP contribution in [0.1, 0.15) is 53.4 Å². The molecule has 2 unspecified atom stereocenters. The van der Waals surface area contributed by atoms with Gasteiger partial charge in [-0.25, -0.2) is 0 Å². The van der Waals surface area contributed by atoms with Gasteiger partial charge in [-0.3, -0.25) is 0 Å². The van der Waals surface area contributed by atoms with Gasteiger partial charge in [-0.05, 0) is 50.7 Å². The average Bonchev–Trinajstić information content (AvgIpc) is 2.29. The van der Waals surface area contributed by atoms with Gasteiger partial charge in [-0.2, -0.15) is 0 Å². The van der Waals surface area contributed by atoms with Crippen molar-refractivity contribution in [2.24, 2.45) is 11.8 Å². The first-order valence-corrected chi connectivity index (χ1v) is 7.58. The molecule has 0 saturated carbocycles. The molecule has 1 saturated heterocycles. The summed E-state index contributed by atoms with van der Waals surface area (Å²) in [5.41, 5.74) is 0. The summed E-state index contributed by atoms with van der Waals surface area (Å²) in [6.45, 7) is 14.2. The second-order valence-corrected chi connectivity index (χ2v) is 6.21. The summed E-state index contributed by atoms with van der Waals surface area (Å²) < 4.78 is 0. The first kappa shape index (κ1) is 15.0. The van der Waals surface area contributed by atoms with Crippen molar-refractivity contribution in [3.05, 3.63) is 0 Å². The largest absolute Gasteiger partial charge is 0.316 e. The highest BCUT2D eigenvalue weighted by atomic mass is 15.2. The first-order valence-electron chi connectivity index (χ1n) is 7.58. The molecule has 0 aliphatic carbocycles. The monoisotopic (exact) mass is 240 g/mol. The maximum atomic E-state index is 3.58. The van der Waals surface area contributed by atoms with Crippen LogP contribution in [0.4, 0.5) is 0 Å². The fourth-order valence-corrected chi connectivity index (χ4v) is 2.85. The molecule has 0 radical (unpaired) electrons. The minimum absolute atomic E-state index is 0.764. The summed E-state index contributed by atoms with van der Waals surface area (Å²) in [5.74, 6) is 1.54. The van der Waals surface area contributed by atoms with Gasteiger partial charge in [0.1, 0.15) is 0 Å². The number of hydrogen-bond acceptors (Lipinski definition) is 2. The Labute approximate surface area is 108 Å². The Morgan fingerprint density at radius 2 is 1.94 bits per heavy atom. The van der Waals surface area contributed by atoms with Crippen molar-refractivity contribution in [3.8, 4) is 0 Å². The summed E-state index contributed by atoms with van der Waals surface area (Å²) in [6.07, 6.45) is 5.59. The molecule has 1 fully saturated rings. The van der Waals surface area contributed by atoms with Crippen molar-refractivity contribution in [1.82, 2.24) is 10.2 Å². The van der Waals surface area contributed by atoms with E-state index in [-0.39, 0.29) is 0 Å². The summed E-state index contributed by atoms with van der Waals surface area (Å²) >= 11 is 0. The van der Waals surface area contributed by atoms with Crippen LogP contribution in [-0.4, -0.2) is 37.1 Å². The predicted octanol–water partition coefficient (Wildman–Crippen LogP) is 3.13. The normalized spacial score (nSPS) is 24.2. The van der Waals surface area contributed by atoms with E-state index >= 15 is 0 Å². The van der Waals surface area contributed by atoms with Crippen molar-refractivity contribution in [3.63, 3.8) is 0 Å². The topological polar surface area (TPSA) is 15.3 Å². The molecule has 1 N–H and O–H groups in total. The van der Waals surface area contributed by atoms with E-state index in [2.05, 4.69) is 37.9 Å². The minimum atomic E-state index is 0.764. The lowest BCUT2D eigenvalue weighted by atomic mass is 9.98. The third kappa shape index (κ3) is 5.87. The lowest BCUT2D eigenvalue weighted by Crippen LogP contribution is -2.43. The SMILES string of the molecule is CCC1CCCCN1CC(C)CNCC(C)C. The molecule has 17 heavy (non-hydrogen) atoms. The average molecular weight is 240 g/mol. The summed E-state index contributed by atoms with van der Waals surface area (Å²) in [4.78, 5) is 2.73. The van der Waals surface area contributed by atoms with Gasteiger partial charge in [0.25, 0.3) is 0 Å². The van der Waals surface area contributed by atoms with Crippen LogP contribution in [0.3, 0.4) is 0 Å². The van der Waals surface area contributed by atoms with Gasteiger partial charge in [0, 0.05) is 12.6 Å².